The fraction of sp³-hybridized carbons (Fsp3) is 0.240. The number of esters is 1. The minimum Gasteiger partial charge on any atom is -0.458 e. The van der Waals surface area contributed by atoms with Gasteiger partial charge in [-0.05, 0) is 36.6 Å². The highest BCUT2D eigenvalue weighted by Gasteiger charge is 2.37. The molecule has 0 aromatic heterocycles. The van der Waals surface area contributed by atoms with Gasteiger partial charge in [0.15, 0.2) is 0 Å². The van der Waals surface area contributed by atoms with Gasteiger partial charge in [-0.3, -0.25) is 4.79 Å². The molecule has 0 aliphatic carbocycles. The molecule has 5 heteroatoms. The quantitative estimate of drug-likeness (QED) is 0.533. The first kappa shape index (κ1) is 21.1. The summed E-state index contributed by atoms with van der Waals surface area (Å²) in [7, 11) is 0. The molecule has 0 saturated heterocycles. The largest absolute Gasteiger partial charge is 0.458 e. The van der Waals surface area contributed by atoms with Crippen molar-refractivity contribution in [1.82, 2.24) is 4.90 Å². The van der Waals surface area contributed by atoms with Crippen LogP contribution in [0, 0.1) is 18.3 Å². The summed E-state index contributed by atoms with van der Waals surface area (Å²) < 4.78 is 5.37. The number of ether oxygens (including phenoxy) is 1. The molecule has 1 unspecified atom stereocenters. The van der Waals surface area contributed by atoms with Gasteiger partial charge in [-0.15, -0.1) is 0 Å². The topological polar surface area (TPSA) is 70.4 Å². The molecule has 0 fully saturated rings. The van der Waals surface area contributed by atoms with Crippen LogP contribution < -0.4 is 0 Å². The molecule has 1 heterocycles. The summed E-state index contributed by atoms with van der Waals surface area (Å²) in [6, 6.07) is 17.1. The fourth-order valence-corrected chi connectivity index (χ4v) is 3.86. The molecular weight excluding hydrogens is 376 g/mol. The van der Waals surface area contributed by atoms with Crippen molar-refractivity contribution in [2.45, 2.75) is 32.7 Å². The van der Waals surface area contributed by atoms with Gasteiger partial charge in [0, 0.05) is 18.0 Å². The van der Waals surface area contributed by atoms with Crippen molar-refractivity contribution in [2.24, 2.45) is 0 Å². The van der Waals surface area contributed by atoms with Crippen LogP contribution >= 0.6 is 0 Å². The number of carbonyl (C=O) groups excluding carboxylic acids is 2. The standard InChI is InChI=1S/C25H24N2O3/c1-4-13-30-25(29)24-18(3)27(16-20-11-7-6-10-19(20)15-26)23(28)14-22(24)21-12-8-5-9-17(21)2/h4-12,22H,1,13-14,16H2,2-3H3. The predicted molar refractivity (Wildman–Crippen MR) is 114 cm³/mol. The average molecular weight is 400 g/mol. The Labute approximate surface area is 176 Å². The molecule has 2 aromatic rings. The fourth-order valence-electron chi connectivity index (χ4n) is 3.86. The van der Waals surface area contributed by atoms with Gasteiger partial charge in [0.1, 0.15) is 6.61 Å². The molecule has 0 radical (unpaired) electrons. The second kappa shape index (κ2) is 9.23. The lowest BCUT2D eigenvalue weighted by Gasteiger charge is -2.35. The summed E-state index contributed by atoms with van der Waals surface area (Å²) in [5, 5.41) is 9.39. The Bertz CT molecular complexity index is 1060. The maximum atomic E-state index is 13.1. The zero-order valence-electron chi connectivity index (χ0n) is 17.2. The lowest BCUT2D eigenvalue weighted by molar-refractivity contribution is -0.139. The second-order valence-electron chi connectivity index (χ2n) is 7.25. The van der Waals surface area contributed by atoms with E-state index >= 15 is 0 Å². The molecule has 0 N–H and O–H groups in total. The minimum absolute atomic E-state index is 0.0891. The smallest absolute Gasteiger partial charge is 0.336 e. The number of aryl methyl sites for hydroxylation is 1. The Morgan fingerprint density at radius 3 is 2.63 bits per heavy atom. The monoisotopic (exact) mass is 400 g/mol. The van der Waals surface area contributed by atoms with Crippen LogP contribution in [0.3, 0.4) is 0 Å². The van der Waals surface area contributed by atoms with Crippen molar-refractivity contribution in [3.8, 4) is 6.07 Å². The van der Waals surface area contributed by atoms with Crippen LogP contribution in [0.4, 0.5) is 0 Å². The molecule has 1 aliphatic rings. The summed E-state index contributed by atoms with van der Waals surface area (Å²) in [4.78, 5) is 27.7. The van der Waals surface area contributed by atoms with E-state index in [4.69, 9.17) is 4.74 Å². The third-order valence-electron chi connectivity index (χ3n) is 5.41. The summed E-state index contributed by atoms with van der Waals surface area (Å²) in [6.07, 6.45) is 1.68. The van der Waals surface area contributed by atoms with Gasteiger partial charge in [0.25, 0.3) is 0 Å². The summed E-state index contributed by atoms with van der Waals surface area (Å²) in [5.74, 6) is -0.918. The van der Waals surface area contributed by atoms with Gasteiger partial charge in [-0.25, -0.2) is 4.79 Å². The molecule has 5 nitrogen and oxygen atoms in total. The summed E-state index contributed by atoms with van der Waals surface area (Å²) >= 11 is 0. The van der Waals surface area contributed by atoms with Gasteiger partial charge < -0.3 is 9.64 Å². The average Bonchev–Trinajstić information content (AvgIpc) is 2.75. The number of amides is 1. The lowest BCUT2D eigenvalue weighted by Crippen LogP contribution is -2.38. The molecule has 0 bridgehead atoms. The summed E-state index contributed by atoms with van der Waals surface area (Å²) in [6.45, 7) is 7.66. The van der Waals surface area contributed by atoms with Crippen LogP contribution in [0.1, 0.15) is 41.5 Å². The van der Waals surface area contributed by atoms with Crippen molar-refractivity contribution >= 4 is 11.9 Å². The van der Waals surface area contributed by atoms with E-state index < -0.39 is 5.97 Å². The van der Waals surface area contributed by atoms with Crippen LogP contribution in [0.2, 0.25) is 0 Å². The molecular formula is C25H24N2O3. The number of nitriles is 1. The molecule has 30 heavy (non-hydrogen) atoms. The number of carbonyl (C=O) groups is 2. The van der Waals surface area contributed by atoms with Gasteiger partial charge in [-0.1, -0.05) is 55.1 Å². The first-order valence-corrected chi connectivity index (χ1v) is 9.80. The normalized spacial score (nSPS) is 16.2. The Hall–Kier alpha value is -3.65. The van der Waals surface area contributed by atoms with E-state index in [1.807, 2.05) is 43.3 Å². The Morgan fingerprint density at radius 1 is 1.23 bits per heavy atom. The van der Waals surface area contributed by atoms with E-state index in [1.54, 1.807) is 24.0 Å². The molecule has 0 saturated carbocycles. The van der Waals surface area contributed by atoms with Gasteiger partial charge in [-0.2, -0.15) is 5.26 Å². The van der Waals surface area contributed by atoms with Crippen LogP contribution in [-0.4, -0.2) is 23.4 Å². The van der Waals surface area contributed by atoms with Crippen molar-refractivity contribution in [2.75, 3.05) is 6.61 Å². The van der Waals surface area contributed by atoms with Gasteiger partial charge in [0.05, 0.1) is 23.8 Å². The summed E-state index contributed by atoms with van der Waals surface area (Å²) in [5.41, 5.74) is 4.23. The van der Waals surface area contributed by atoms with Crippen LogP contribution in [0.5, 0.6) is 0 Å². The second-order valence-corrected chi connectivity index (χ2v) is 7.25. The number of benzene rings is 2. The van der Waals surface area contributed by atoms with E-state index in [9.17, 15) is 14.9 Å². The van der Waals surface area contributed by atoms with E-state index in [1.165, 1.54) is 6.08 Å². The van der Waals surface area contributed by atoms with Gasteiger partial charge >= 0.3 is 5.97 Å². The van der Waals surface area contributed by atoms with Crippen LogP contribution in [0.15, 0.2) is 72.5 Å². The van der Waals surface area contributed by atoms with Crippen LogP contribution in [-0.2, 0) is 20.9 Å². The highest BCUT2D eigenvalue weighted by atomic mass is 16.5. The minimum atomic E-state index is -0.452. The maximum absolute atomic E-state index is 13.1. The molecule has 0 spiro atoms. The van der Waals surface area contributed by atoms with Gasteiger partial charge in [0.2, 0.25) is 5.91 Å². The van der Waals surface area contributed by atoms with Crippen LogP contribution in [0.25, 0.3) is 0 Å². The number of hydrogen-bond acceptors (Lipinski definition) is 4. The lowest BCUT2D eigenvalue weighted by atomic mass is 9.81. The first-order valence-electron chi connectivity index (χ1n) is 9.80. The third kappa shape index (κ3) is 4.18. The highest BCUT2D eigenvalue weighted by molar-refractivity contribution is 5.96. The van der Waals surface area contributed by atoms with E-state index in [-0.39, 0.29) is 31.4 Å². The zero-order valence-corrected chi connectivity index (χ0v) is 17.2. The molecule has 2 aromatic carbocycles. The molecule has 1 atom stereocenters. The Morgan fingerprint density at radius 2 is 1.93 bits per heavy atom. The van der Waals surface area contributed by atoms with Crippen molar-refractivity contribution < 1.29 is 14.3 Å². The zero-order chi connectivity index (χ0) is 21.7. The molecule has 1 amide bonds. The highest BCUT2D eigenvalue weighted by Crippen LogP contribution is 2.39. The van der Waals surface area contributed by atoms with Crippen molar-refractivity contribution in [3.05, 3.63) is 94.7 Å². The number of hydrogen-bond donors (Lipinski definition) is 0. The van der Waals surface area contributed by atoms with Crippen molar-refractivity contribution in [3.63, 3.8) is 0 Å². The third-order valence-corrected chi connectivity index (χ3v) is 5.41. The molecule has 3 rings (SSSR count). The molecule has 152 valence electrons. The number of rotatable bonds is 6. The Kier molecular flexibility index (Phi) is 6.48. The number of nitrogens with zero attached hydrogens (tertiary/aromatic N) is 2. The van der Waals surface area contributed by atoms with E-state index in [0.29, 0.717) is 16.8 Å². The van der Waals surface area contributed by atoms with Crippen molar-refractivity contribution in [1.29, 1.82) is 5.26 Å². The maximum Gasteiger partial charge on any atom is 0.336 e. The Balaban J connectivity index is 2.07. The van der Waals surface area contributed by atoms with E-state index in [2.05, 4.69) is 12.6 Å². The van der Waals surface area contributed by atoms with E-state index in [0.717, 1.165) is 16.7 Å². The number of allylic oxidation sites excluding steroid dienone is 1. The SMILES string of the molecule is C=CCOC(=O)C1=C(C)N(Cc2ccccc2C#N)C(=O)CC1c1ccccc1C. The molecule has 1 aliphatic heterocycles. The first-order chi connectivity index (χ1) is 14.5. The predicted octanol–water partition coefficient (Wildman–Crippen LogP) is 4.39.